The number of aryl methyl sites for hydroxylation is 1. The molecule has 92 valence electrons. The molecular weight excluding hydrogens is 282 g/mol. The van der Waals surface area contributed by atoms with Crippen molar-refractivity contribution < 1.29 is 4.79 Å². The summed E-state index contributed by atoms with van der Waals surface area (Å²) in [7, 11) is 0. The second-order valence-corrected chi connectivity index (χ2v) is 5.56. The van der Waals surface area contributed by atoms with E-state index in [2.05, 4.69) is 31.5 Å². The number of nitrogens with zero attached hydrogens (tertiary/aromatic N) is 1. The zero-order chi connectivity index (χ0) is 12.5. The molecule has 1 aliphatic heterocycles. The summed E-state index contributed by atoms with van der Waals surface area (Å²) in [6.45, 7) is 5.51. The molecule has 2 rings (SSSR count). The minimum Gasteiger partial charge on any atom is -0.316 e. The van der Waals surface area contributed by atoms with Crippen LogP contribution in [0.1, 0.15) is 19.0 Å². The Morgan fingerprint density at radius 1 is 1.59 bits per heavy atom. The van der Waals surface area contributed by atoms with Crippen LogP contribution in [0, 0.1) is 12.3 Å². The third kappa shape index (κ3) is 2.66. The lowest BCUT2D eigenvalue weighted by Gasteiger charge is -2.21. The molecule has 1 aromatic rings. The molecule has 2 N–H and O–H groups in total. The Morgan fingerprint density at radius 3 is 2.94 bits per heavy atom. The highest BCUT2D eigenvalue weighted by atomic mass is 79.9. The minimum absolute atomic E-state index is 0.0386. The molecule has 1 saturated heterocycles. The molecule has 0 spiro atoms. The van der Waals surface area contributed by atoms with E-state index in [1.165, 1.54) is 0 Å². The van der Waals surface area contributed by atoms with Gasteiger partial charge in [0.1, 0.15) is 5.82 Å². The van der Waals surface area contributed by atoms with E-state index in [0.29, 0.717) is 5.82 Å². The summed E-state index contributed by atoms with van der Waals surface area (Å²) in [4.78, 5) is 16.4. The van der Waals surface area contributed by atoms with Crippen molar-refractivity contribution in [1.29, 1.82) is 0 Å². The lowest BCUT2D eigenvalue weighted by molar-refractivity contribution is -0.123. The number of halogens is 1. The van der Waals surface area contributed by atoms with Crippen LogP contribution in [0.25, 0.3) is 0 Å². The zero-order valence-electron chi connectivity index (χ0n) is 10.0. The van der Waals surface area contributed by atoms with Gasteiger partial charge in [-0.25, -0.2) is 4.98 Å². The standard InChI is InChI=1S/C12H16BrN3O/c1-8-9(13)3-4-10(15-8)16-11(17)12(2)5-6-14-7-12/h3-4,14H,5-7H2,1-2H3,(H,15,16,17). The van der Waals surface area contributed by atoms with Gasteiger partial charge in [-0.05, 0) is 54.9 Å². The molecule has 1 fully saturated rings. The fourth-order valence-electron chi connectivity index (χ4n) is 1.89. The van der Waals surface area contributed by atoms with E-state index in [9.17, 15) is 4.79 Å². The average Bonchev–Trinajstić information content (AvgIpc) is 2.72. The number of amides is 1. The van der Waals surface area contributed by atoms with Gasteiger partial charge in [-0.1, -0.05) is 0 Å². The molecule has 2 heterocycles. The van der Waals surface area contributed by atoms with Gasteiger partial charge in [-0.2, -0.15) is 0 Å². The molecule has 0 radical (unpaired) electrons. The van der Waals surface area contributed by atoms with Crippen molar-refractivity contribution in [2.45, 2.75) is 20.3 Å². The van der Waals surface area contributed by atoms with Crippen LogP contribution >= 0.6 is 15.9 Å². The second-order valence-electron chi connectivity index (χ2n) is 4.71. The Bertz CT molecular complexity index is 441. The van der Waals surface area contributed by atoms with Crippen molar-refractivity contribution in [2.24, 2.45) is 5.41 Å². The van der Waals surface area contributed by atoms with Crippen molar-refractivity contribution in [3.63, 3.8) is 0 Å². The summed E-state index contributed by atoms with van der Waals surface area (Å²) in [5.74, 6) is 0.653. The maximum absolute atomic E-state index is 12.1. The number of anilines is 1. The highest BCUT2D eigenvalue weighted by Gasteiger charge is 2.36. The Hall–Kier alpha value is -0.940. The third-order valence-electron chi connectivity index (χ3n) is 3.18. The predicted octanol–water partition coefficient (Wildman–Crippen LogP) is 2.09. The quantitative estimate of drug-likeness (QED) is 0.879. The topological polar surface area (TPSA) is 54.0 Å². The van der Waals surface area contributed by atoms with Crippen molar-refractivity contribution >= 4 is 27.7 Å². The maximum Gasteiger partial charge on any atom is 0.232 e. The normalized spacial score (nSPS) is 23.7. The molecule has 4 nitrogen and oxygen atoms in total. The Balaban J connectivity index is 2.10. The van der Waals surface area contributed by atoms with E-state index in [0.717, 1.165) is 29.7 Å². The lowest BCUT2D eigenvalue weighted by Crippen LogP contribution is -2.35. The van der Waals surface area contributed by atoms with E-state index >= 15 is 0 Å². The van der Waals surface area contributed by atoms with Crippen molar-refractivity contribution in [3.8, 4) is 0 Å². The minimum atomic E-state index is -0.317. The largest absolute Gasteiger partial charge is 0.316 e. The first-order chi connectivity index (χ1) is 8.01. The van der Waals surface area contributed by atoms with Gasteiger partial charge < -0.3 is 10.6 Å². The summed E-state index contributed by atoms with van der Waals surface area (Å²) >= 11 is 3.39. The van der Waals surface area contributed by atoms with Gasteiger partial charge in [-0.3, -0.25) is 4.79 Å². The molecule has 1 unspecified atom stereocenters. The zero-order valence-corrected chi connectivity index (χ0v) is 11.6. The summed E-state index contributed by atoms with van der Waals surface area (Å²) in [6.07, 6.45) is 0.869. The fraction of sp³-hybridized carbons (Fsp3) is 0.500. The second kappa shape index (κ2) is 4.74. The summed E-state index contributed by atoms with van der Waals surface area (Å²) in [5.41, 5.74) is 0.556. The van der Waals surface area contributed by atoms with Gasteiger partial charge in [0.2, 0.25) is 5.91 Å². The van der Waals surface area contributed by atoms with Crippen molar-refractivity contribution in [3.05, 3.63) is 22.3 Å². The summed E-state index contributed by atoms with van der Waals surface area (Å²) < 4.78 is 0.948. The number of rotatable bonds is 2. The molecule has 0 aliphatic carbocycles. The van der Waals surface area contributed by atoms with Gasteiger partial charge in [0.15, 0.2) is 0 Å². The maximum atomic E-state index is 12.1. The van der Waals surface area contributed by atoms with Gasteiger partial charge in [0.25, 0.3) is 0 Å². The van der Waals surface area contributed by atoms with Crippen LogP contribution < -0.4 is 10.6 Å². The van der Waals surface area contributed by atoms with Crippen LogP contribution in [0.15, 0.2) is 16.6 Å². The van der Waals surface area contributed by atoms with Crippen LogP contribution in [0.5, 0.6) is 0 Å². The highest BCUT2D eigenvalue weighted by Crippen LogP contribution is 2.26. The Kier molecular flexibility index (Phi) is 3.49. The highest BCUT2D eigenvalue weighted by molar-refractivity contribution is 9.10. The van der Waals surface area contributed by atoms with Crippen molar-refractivity contribution in [1.82, 2.24) is 10.3 Å². The molecule has 1 amide bonds. The van der Waals surface area contributed by atoms with Crippen molar-refractivity contribution in [2.75, 3.05) is 18.4 Å². The SMILES string of the molecule is Cc1nc(NC(=O)C2(C)CCNC2)ccc1Br. The molecule has 0 bridgehead atoms. The molecule has 5 heteroatoms. The first kappa shape index (κ1) is 12.5. The number of hydrogen-bond donors (Lipinski definition) is 2. The smallest absolute Gasteiger partial charge is 0.232 e. The lowest BCUT2D eigenvalue weighted by atomic mass is 9.89. The number of aromatic nitrogens is 1. The van der Waals surface area contributed by atoms with Gasteiger partial charge in [0.05, 0.1) is 11.1 Å². The van der Waals surface area contributed by atoms with Crippen LogP contribution in [0.4, 0.5) is 5.82 Å². The van der Waals surface area contributed by atoms with E-state index < -0.39 is 0 Å². The van der Waals surface area contributed by atoms with Crippen LogP contribution in [0.3, 0.4) is 0 Å². The predicted molar refractivity (Wildman–Crippen MR) is 70.9 cm³/mol. The Labute approximate surface area is 109 Å². The van der Waals surface area contributed by atoms with Gasteiger partial charge >= 0.3 is 0 Å². The van der Waals surface area contributed by atoms with Gasteiger partial charge in [-0.15, -0.1) is 0 Å². The Morgan fingerprint density at radius 2 is 2.35 bits per heavy atom. The first-order valence-corrected chi connectivity index (χ1v) is 6.46. The van der Waals surface area contributed by atoms with Crippen LogP contribution in [-0.4, -0.2) is 24.0 Å². The monoisotopic (exact) mass is 297 g/mol. The third-order valence-corrected chi connectivity index (χ3v) is 4.02. The molecular formula is C12H16BrN3O. The number of carbonyl (C=O) groups excluding carboxylic acids is 1. The van der Waals surface area contributed by atoms with Crippen LogP contribution in [0.2, 0.25) is 0 Å². The molecule has 17 heavy (non-hydrogen) atoms. The fourth-order valence-corrected chi connectivity index (χ4v) is 2.11. The first-order valence-electron chi connectivity index (χ1n) is 5.67. The average molecular weight is 298 g/mol. The van der Waals surface area contributed by atoms with Crippen LogP contribution in [-0.2, 0) is 4.79 Å². The number of nitrogens with one attached hydrogen (secondary N) is 2. The number of hydrogen-bond acceptors (Lipinski definition) is 3. The summed E-state index contributed by atoms with van der Waals surface area (Å²) in [6, 6.07) is 3.70. The van der Waals surface area contributed by atoms with E-state index in [1.807, 2.05) is 19.9 Å². The molecule has 1 aliphatic rings. The number of carbonyl (C=O) groups is 1. The van der Waals surface area contributed by atoms with Gasteiger partial charge in [0, 0.05) is 11.0 Å². The molecule has 0 saturated carbocycles. The number of pyridine rings is 1. The molecule has 0 aromatic carbocycles. The van der Waals surface area contributed by atoms with E-state index in [-0.39, 0.29) is 11.3 Å². The summed E-state index contributed by atoms with van der Waals surface area (Å²) in [5, 5.41) is 6.09. The van der Waals surface area contributed by atoms with E-state index in [4.69, 9.17) is 0 Å². The molecule has 1 atom stereocenters. The molecule has 1 aromatic heterocycles. The van der Waals surface area contributed by atoms with E-state index in [1.54, 1.807) is 6.07 Å².